The Morgan fingerprint density at radius 1 is 1.30 bits per heavy atom. The van der Waals surface area contributed by atoms with Gasteiger partial charge in [-0.2, -0.15) is 4.31 Å². The predicted octanol–water partition coefficient (Wildman–Crippen LogP) is 2.80. The smallest absolute Gasteiger partial charge is 0.246 e. The molecule has 7 heteroatoms. The molecule has 1 saturated heterocycles. The Labute approximate surface area is 137 Å². The average molecular weight is 337 g/mol. The van der Waals surface area contributed by atoms with E-state index in [0.29, 0.717) is 24.6 Å². The van der Waals surface area contributed by atoms with Gasteiger partial charge in [0.1, 0.15) is 22.2 Å². The molecule has 3 heterocycles. The van der Waals surface area contributed by atoms with E-state index in [2.05, 4.69) is 9.97 Å². The van der Waals surface area contributed by atoms with Crippen molar-refractivity contribution < 1.29 is 12.8 Å². The average Bonchev–Trinajstić information content (AvgIpc) is 3.02. The number of aromatic nitrogens is 2. The van der Waals surface area contributed by atoms with Gasteiger partial charge in [0.05, 0.1) is 5.69 Å². The van der Waals surface area contributed by atoms with Crippen molar-refractivity contribution in [3.8, 4) is 0 Å². The molecule has 0 spiro atoms. The molecule has 1 unspecified atom stereocenters. The normalized spacial score (nSPS) is 20.1. The van der Waals surface area contributed by atoms with E-state index in [9.17, 15) is 8.42 Å². The quantitative estimate of drug-likeness (QED) is 0.934. The van der Waals surface area contributed by atoms with Gasteiger partial charge in [0.25, 0.3) is 0 Å². The van der Waals surface area contributed by atoms with Gasteiger partial charge in [0.15, 0.2) is 0 Å². The Morgan fingerprint density at radius 3 is 2.61 bits per heavy atom. The first-order valence-electron chi connectivity index (χ1n) is 7.89. The van der Waals surface area contributed by atoms with E-state index in [4.69, 9.17) is 4.42 Å². The Bertz CT molecular complexity index is 800. The number of nitrogens with one attached hydrogen (secondary N) is 1. The standard InChI is InChI=1S/C16H23N3O3S/c1-10-8-15(13(4)22-10)23(20,21)19-7-5-6-14(9-19)16-17-11(2)12(3)18-16/h8,14H,5-7,9H2,1-4H3,(H,17,18). The van der Waals surface area contributed by atoms with Crippen molar-refractivity contribution >= 4 is 10.0 Å². The van der Waals surface area contributed by atoms with Crippen molar-refractivity contribution in [3.63, 3.8) is 0 Å². The van der Waals surface area contributed by atoms with Gasteiger partial charge in [-0.15, -0.1) is 0 Å². The van der Waals surface area contributed by atoms with Crippen LogP contribution in [0.1, 0.15) is 47.5 Å². The molecule has 0 amide bonds. The molecular formula is C16H23N3O3S. The third-order valence-electron chi connectivity index (χ3n) is 4.53. The topological polar surface area (TPSA) is 79.2 Å². The van der Waals surface area contributed by atoms with Gasteiger partial charge in [0.2, 0.25) is 10.0 Å². The van der Waals surface area contributed by atoms with Gasteiger partial charge in [0, 0.05) is 24.7 Å². The highest BCUT2D eigenvalue weighted by Crippen LogP contribution is 2.31. The molecule has 1 N–H and O–H groups in total. The van der Waals surface area contributed by atoms with Crippen LogP contribution in [0.25, 0.3) is 0 Å². The highest BCUT2D eigenvalue weighted by Gasteiger charge is 2.34. The number of imidazole rings is 1. The summed E-state index contributed by atoms with van der Waals surface area (Å²) in [6.45, 7) is 8.41. The second-order valence-corrected chi connectivity index (χ2v) is 8.22. The van der Waals surface area contributed by atoms with Crippen LogP contribution in [0.3, 0.4) is 0 Å². The molecule has 6 nitrogen and oxygen atoms in total. The lowest BCUT2D eigenvalue weighted by Gasteiger charge is -2.30. The first-order chi connectivity index (χ1) is 10.8. The summed E-state index contributed by atoms with van der Waals surface area (Å²) in [5.41, 5.74) is 2.02. The van der Waals surface area contributed by atoms with Gasteiger partial charge in [-0.3, -0.25) is 0 Å². The van der Waals surface area contributed by atoms with E-state index in [-0.39, 0.29) is 10.8 Å². The van der Waals surface area contributed by atoms with E-state index >= 15 is 0 Å². The molecule has 1 fully saturated rings. The fourth-order valence-corrected chi connectivity index (χ4v) is 4.90. The lowest BCUT2D eigenvalue weighted by Crippen LogP contribution is -2.39. The number of aryl methyl sites for hydroxylation is 4. The van der Waals surface area contributed by atoms with E-state index in [0.717, 1.165) is 30.1 Å². The zero-order chi connectivity index (χ0) is 16.8. The summed E-state index contributed by atoms with van der Waals surface area (Å²) >= 11 is 0. The molecule has 1 aliphatic rings. The third-order valence-corrected chi connectivity index (χ3v) is 6.50. The molecule has 0 saturated carbocycles. The minimum atomic E-state index is -3.52. The van der Waals surface area contributed by atoms with E-state index in [1.165, 1.54) is 0 Å². The van der Waals surface area contributed by atoms with E-state index < -0.39 is 10.0 Å². The van der Waals surface area contributed by atoms with Crippen LogP contribution in [0.15, 0.2) is 15.4 Å². The molecule has 0 aromatic carbocycles. The van der Waals surface area contributed by atoms with Crippen LogP contribution in [0.5, 0.6) is 0 Å². The van der Waals surface area contributed by atoms with Crippen molar-refractivity contribution in [2.45, 2.75) is 51.3 Å². The van der Waals surface area contributed by atoms with Crippen LogP contribution < -0.4 is 0 Å². The third kappa shape index (κ3) is 2.95. The summed E-state index contributed by atoms with van der Waals surface area (Å²) in [5.74, 6) is 2.07. The largest absolute Gasteiger partial charge is 0.465 e. The number of aromatic amines is 1. The lowest BCUT2D eigenvalue weighted by atomic mass is 9.99. The fraction of sp³-hybridized carbons (Fsp3) is 0.562. The van der Waals surface area contributed by atoms with Crippen molar-refractivity contribution in [1.82, 2.24) is 14.3 Å². The van der Waals surface area contributed by atoms with Gasteiger partial charge in [-0.25, -0.2) is 13.4 Å². The molecule has 0 aliphatic carbocycles. The number of furan rings is 1. The maximum atomic E-state index is 12.9. The summed E-state index contributed by atoms with van der Waals surface area (Å²) in [4.78, 5) is 8.12. The fourth-order valence-electron chi connectivity index (χ4n) is 3.15. The second kappa shape index (κ2) is 5.79. The molecule has 23 heavy (non-hydrogen) atoms. The monoisotopic (exact) mass is 337 g/mol. The van der Waals surface area contributed by atoms with Crippen molar-refractivity contribution in [2.24, 2.45) is 0 Å². The second-order valence-electron chi connectivity index (χ2n) is 6.31. The predicted molar refractivity (Wildman–Crippen MR) is 87.0 cm³/mol. The molecule has 1 atom stereocenters. The Morgan fingerprint density at radius 2 is 2.04 bits per heavy atom. The molecule has 0 bridgehead atoms. The van der Waals surface area contributed by atoms with Crippen molar-refractivity contribution in [2.75, 3.05) is 13.1 Å². The Balaban J connectivity index is 1.87. The molecular weight excluding hydrogens is 314 g/mol. The molecule has 2 aromatic rings. The first-order valence-corrected chi connectivity index (χ1v) is 9.33. The van der Waals surface area contributed by atoms with Crippen LogP contribution in [0.2, 0.25) is 0 Å². The zero-order valence-electron chi connectivity index (χ0n) is 14.0. The van der Waals surface area contributed by atoms with Gasteiger partial charge in [-0.1, -0.05) is 0 Å². The first kappa shape index (κ1) is 16.3. The molecule has 2 aromatic heterocycles. The minimum absolute atomic E-state index is 0.110. The maximum absolute atomic E-state index is 12.9. The molecule has 3 rings (SSSR count). The minimum Gasteiger partial charge on any atom is -0.465 e. The SMILES string of the molecule is Cc1cc(S(=O)(=O)N2CCCC(c3nc(C)c(C)[nH]3)C2)c(C)o1. The highest BCUT2D eigenvalue weighted by atomic mass is 32.2. The number of hydrogen-bond acceptors (Lipinski definition) is 4. The van der Waals surface area contributed by atoms with Crippen LogP contribution in [0.4, 0.5) is 0 Å². The number of rotatable bonds is 3. The number of hydrogen-bond donors (Lipinski definition) is 1. The number of nitrogens with zero attached hydrogens (tertiary/aromatic N) is 2. The van der Waals surface area contributed by atoms with E-state index in [1.54, 1.807) is 24.2 Å². The van der Waals surface area contributed by atoms with Crippen molar-refractivity contribution in [3.05, 3.63) is 34.8 Å². The number of H-pyrrole nitrogens is 1. The van der Waals surface area contributed by atoms with Crippen LogP contribution in [-0.2, 0) is 10.0 Å². The number of piperidine rings is 1. The van der Waals surface area contributed by atoms with Crippen LogP contribution >= 0.6 is 0 Å². The van der Waals surface area contributed by atoms with Gasteiger partial charge < -0.3 is 9.40 Å². The summed E-state index contributed by atoms with van der Waals surface area (Å²) < 4.78 is 32.8. The van der Waals surface area contributed by atoms with Crippen molar-refractivity contribution in [1.29, 1.82) is 0 Å². The molecule has 0 radical (unpaired) electrons. The van der Waals surface area contributed by atoms with Gasteiger partial charge in [-0.05, 0) is 46.6 Å². The zero-order valence-corrected chi connectivity index (χ0v) is 14.8. The lowest BCUT2D eigenvalue weighted by molar-refractivity contribution is 0.309. The molecule has 1 aliphatic heterocycles. The van der Waals surface area contributed by atoms with Crippen LogP contribution in [0, 0.1) is 27.7 Å². The Kier molecular flexibility index (Phi) is 4.10. The summed E-state index contributed by atoms with van der Waals surface area (Å²) in [6.07, 6.45) is 1.78. The Hall–Kier alpha value is -1.60. The summed E-state index contributed by atoms with van der Waals surface area (Å²) in [6, 6.07) is 1.61. The highest BCUT2D eigenvalue weighted by molar-refractivity contribution is 7.89. The maximum Gasteiger partial charge on any atom is 0.246 e. The summed E-state index contributed by atoms with van der Waals surface area (Å²) in [7, 11) is -3.52. The number of sulfonamides is 1. The van der Waals surface area contributed by atoms with Crippen LogP contribution in [-0.4, -0.2) is 35.8 Å². The van der Waals surface area contributed by atoms with Gasteiger partial charge >= 0.3 is 0 Å². The van der Waals surface area contributed by atoms with E-state index in [1.807, 2.05) is 13.8 Å². The summed E-state index contributed by atoms with van der Waals surface area (Å²) in [5, 5.41) is 0. The molecule has 126 valence electrons.